The summed E-state index contributed by atoms with van der Waals surface area (Å²) in [5, 5.41) is 3.51. The Bertz CT molecular complexity index is 964. The van der Waals surface area contributed by atoms with E-state index in [0.717, 1.165) is 36.3 Å². The van der Waals surface area contributed by atoms with Gasteiger partial charge in [0, 0.05) is 0 Å². The molecule has 0 unspecified atom stereocenters. The fourth-order valence-electron chi connectivity index (χ4n) is 3.91. The Kier molecular flexibility index (Phi) is 5.18. The lowest BCUT2D eigenvalue weighted by molar-refractivity contribution is -0.0512. The van der Waals surface area contributed by atoms with Crippen molar-refractivity contribution in [1.29, 1.82) is 0 Å². The molecular formula is C19H21F2N3O3S. The van der Waals surface area contributed by atoms with Crippen LogP contribution in [0, 0.1) is 0 Å². The van der Waals surface area contributed by atoms with Crippen LogP contribution in [0.4, 0.5) is 14.6 Å². The van der Waals surface area contributed by atoms with E-state index in [9.17, 15) is 13.6 Å². The SMILES string of the molecule is COc1cc([C@@H]2SC(C)=Nc3c2c(=O)[nH]n3C2CCCC2)ccc1OC(F)F. The van der Waals surface area contributed by atoms with E-state index < -0.39 is 6.61 Å². The van der Waals surface area contributed by atoms with Crippen LogP contribution in [0.1, 0.15) is 55.0 Å². The highest BCUT2D eigenvalue weighted by atomic mass is 32.2. The van der Waals surface area contributed by atoms with Crippen molar-refractivity contribution in [2.45, 2.75) is 50.5 Å². The summed E-state index contributed by atoms with van der Waals surface area (Å²) in [7, 11) is 1.40. The molecule has 2 heterocycles. The minimum Gasteiger partial charge on any atom is -0.493 e. The number of ether oxygens (including phenoxy) is 2. The van der Waals surface area contributed by atoms with Crippen LogP contribution >= 0.6 is 11.8 Å². The van der Waals surface area contributed by atoms with E-state index in [1.807, 2.05) is 11.6 Å². The van der Waals surface area contributed by atoms with Gasteiger partial charge in [-0.25, -0.2) is 4.99 Å². The first-order valence-corrected chi connectivity index (χ1v) is 10.0. The van der Waals surface area contributed by atoms with Gasteiger partial charge < -0.3 is 9.47 Å². The van der Waals surface area contributed by atoms with Gasteiger partial charge in [0.25, 0.3) is 5.56 Å². The van der Waals surface area contributed by atoms with Crippen molar-refractivity contribution in [2.75, 3.05) is 7.11 Å². The molecule has 1 aliphatic heterocycles. The maximum atomic E-state index is 12.8. The van der Waals surface area contributed by atoms with Crippen LogP contribution in [0.2, 0.25) is 0 Å². The molecule has 28 heavy (non-hydrogen) atoms. The molecule has 0 saturated heterocycles. The standard InChI is InChI=1S/C19H21F2N3O3S/c1-10-22-17-15(18(25)23-24(17)12-5-3-4-6-12)16(28-10)11-7-8-13(27-19(20)21)14(9-11)26-2/h7-9,12,16,19H,3-6H2,1-2H3,(H,23,25)/t16-/m0/s1. The summed E-state index contributed by atoms with van der Waals surface area (Å²) in [6.07, 6.45) is 4.33. The maximum absolute atomic E-state index is 12.8. The van der Waals surface area contributed by atoms with E-state index in [4.69, 9.17) is 4.74 Å². The zero-order valence-electron chi connectivity index (χ0n) is 15.6. The fraction of sp³-hybridized carbons (Fsp3) is 0.474. The van der Waals surface area contributed by atoms with Gasteiger partial charge in [-0.15, -0.1) is 0 Å². The Morgan fingerprint density at radius 1 is 1.29 bits per heavy atom. The number of aromatic amines is 1. The molecule has 2 aliphatic rings. The third-order valence-corrected chi connectivity index (χ3v) is 6.32. The number of nitrogens with one attached hydrogen (secondary N) is 1. The van der Waals surface area contributed by atoms with Gasteiger partial charge in [0.15, 0.2) is 17.3 Å². The molecule has 1 fully saturated rings. The average molecular weight is 409 g/mol. The molecule has 150 valence electrons. The summed E-state index contributed by atoms with van der Waals surface area (Å²) in [6.45, 7) is -1.03. The van der Waals surface area contributed by atoms with Crippen molar-refractivity contribution >= 4 is 22.6 Å². The number of H-pyrrole nitrogens is 1. The highest BCUT2D eigenvalue weighted by molar-refractivity contribution is 8.14. The molecule has 1 aliphatic carbocycles. The van der Waals surface area contributed by atoms with Gasteiger partial charge >= 0.3 is 6.61 Å². The smallest absolute Gasteiger partial charge is 0.387 e. The first-order chi connectivity index (χ1) is 13.5. The van der Waals surface area contributed by atoms with Gasteiger partial charge in [0.05, 0.1) is 29.0 Å². The van der Waals surface area contributed by atoms with Crippen molar-refractivity contribution < 1.29 is 18.3 Å². The summed E-state index contributed by atoms with van der Waals surface area (Å²) in [4.78, 5) is 17.4. The van der Waals surface area contributed by atoms with Gasteiger partial charge in [0.2, 0.25) is 0 Å². The molecule has 1 aromatic carbocycles. The van der Waals surface area contributed by atoms with Gasteiger partial charge in [-0.2, -0.15) is 8.78 Å². The molecule has 0 spiro atoms. The highest BCUT2D eigenvalue weighted by Crippen LogP contribution is 2.46. The number of aliphatic imine (C=N–C) groups is 1. The molecule has 1 saturated carbocycles. The number of alkyl halides is 2. The van der Waals surface area contributed by atoms with Gasteiger partial charge in [-0.3, -0.25) is 14.6 Å². The zero-order chi connectivity index (χ0) is 19.8. The largest absolute Gasteiger partial charge is 0.493 e. The number of halogens is 2. The monoisotopic (exact) mass is 409 g/mol. The Morgan fingerprint density at radius 3 is 2.71 bits per heavy atom. The molecule has 1 aromatic heterocycles. The van der Waals surface area contributed by atoms with Crippen molar-refractivity contribution in [1.82, 2.24) is 9.78 Å². The van der Waals surface area contributed by atoms with Crippen LogP contribution < -0.4 is 15.0 Å². The normalized spacial score (nSPS) is 19.6. The maximum Gasteiger partial charge on any atom is 0.387 e. The summed E-state index contributed by atoms with van der Waals surface area (Å²) < 4.78 is 36.8. The number of nitrogens with zero attached hydrogens (tertiary/aromatic N) is 2. The minimum atomic E-state index is -2.94. The van der Waals surface area contributed by atoms with Gasteiger partial charge in [-0.1, -0.05) is 30.7 Å². The van der Waals surface area contributed by atoms with E-state index >= 15 is 0 Å². The number of rotatable bonds is 5. The average Bonchev–Trinajstić information content (AvgIpc) is 3.29. The lowest BCUT2D eigenvalue weighted by Crippen LogP contribution is -2.14. The zero-order valence-corrected chi connectivity index (χ0v) is 16.4. The minimum absolute atomic E-state index is 0.0369. The highest BCUT2D eigenvalue weighted by Gasteiger charge is 2.33. The molecule has 2 aromatic rings. The van der Waals surface area contributed by atoms with Crippen molar-refractivity contribution in [2.24, 2.45) is 4.99 Å². The topological polar surface area (TPSA) is 68.6 Å². The lowest BCUT2D eigenvalue weighted by atomic mass is 10.1. The molecular weight excluding hydrogens is 388 g/mol. The summed E-state index contributed by atoms with van der Waals surface area (Å²) in [5.41, 5.74) is 1.20. The quantitative estimate of drug-likeness (QED) is 0.771. The molecule has 0 amide bonds. The molecule has 4 rings (SSSR count). The summed E-state index contributed by atoms with van der Waals surface area (Å²) in [6, 6.07) is 5.04. The molecule has 9 heteroatoms. The molecule has 1 atom stereocenters. The second-order valence-electron chi connectivity index (χ2n) is 6.90. The van der Waals surface area contributed by atoms with Crippen molar-refractivity contribution in [3.05, 3.63) is 39.7 Å². The van der Waals surface area contributed by atoms with Crippen LogP contribution in [-0.2, 0) is 0 Å². The molecule has 0 radical (unpaired) electrons. The predicted octanol–water partition coefficient (Wildman–Crippen LogP) is 4.79. The van der Waals surface area contributed by atoms with Crippen LogP contribution in [0.25, 0.3) is 0 Å². The van der Waals surface area contributed by atoms with E-state index in [0.29, 0.717) is 11.4 Å². The third kappa shape index (κ3) is 3.43. The fourth-order valence-corrected chi connectivity index (χ4v) is 5.00. The Labute approximate surface area is 164 Å². The van der Waals surface area contributed by atoms with E-state index in [1.54, 1.807) is 12.1 Å². The Balaban J connectivity index is 1.77. The second-order valence-corrected chi connectivity index (χ2v) is 8.20. The number of aromatic nitrogens is 2. The Morgan fingerprint density at radius 2 is 2.04 bits per heavy atom. The van der Waals surface area contributed by atoms with Crippen molar-refractivity contribution in [3.63, 3.8) is 0 Å². The van der Waals surface area contributed by atoms with E-state index in [2.05, 4.69) is 14.8 Å². The van der Waals surface area contributed by atoms with Gasteiger partial charge in [0.1, 0.15) is 0 Å². The number of methoxy groups -OCH3 is 1. The number of thioether (sulfide) groups is 1. The first-order valence-electron chi connectivity index (χ1n) is 9.17. The van der Waals surface area contributed by atoms with Gasteiger partial charge in [-0.05, 0) is 37.5 Å². The van der Waals surface area contributed by atoms with Crippen LogP contribution in [-0.4, -0.2) is 28.5 Å². The van der Waals surface area contributed by atoms with Crippen LogP contribution in [0.15, 0.2) is 28.0 Å². The predicted molar refractivity (Wildman–Crippen MR) is 104 cm³/mol. The number of fused-ring (bicyclic) bond motifs is 1. The summed E-state index contributed by atoms with van der Waals surface area (Å²) >= 11 is 1.46. The van der Waals surface area contributed by atoms with E-state index in [-0.39, 0.29) is 28.4 Å². The molecule has 1 N–H and O–H groups in total. The van der Waals surface area contributed by atoms with E-state index in [1.165, 1.54) is 24.9 Å². The first kappa shape index (κ1) is 19.0. The number of hydrogen-bond donors (Lipinski definition) is 1. The Hall–Kier alpha value is -2.29. The number of hydrogen-bond acceptors (Lipinski definition) is 5. The third-order valence-electron chi connectivity index (χ3n) is 5.15. The van der Waals surface area contributed by atoms with Crippen LogP contribution in [0.5, 0.6) is 11.5 Å². The van der Waals surface area contributed by atoms with Crippen molar-refractivity contribution in [3.8, 4) is 11.5 Å². The van der Waals surface area contributed by atoms with Crippen LogP contribution in [0.3, 0.4) is 0 Å². The summed E-state index contributed by atoms with van der Waals surface area (Å²) in [5.74, 6) is 0.835. The second kappa shape index (κ2) is 7.62. The lowest BCUT2D eigenvalue weighted by Gasteiger charge is -2.23. The molecule has 0 bridgehead atoms. The molecule has 6 nitrogen and oxygen atoms in total. The number of benzene rings is 1.